The highest BCUT2D eigenvalue weighted by Crippen LogP contribution is 2.44. The number of pyridine rings is 1. The minimum Gasteiger partial charge on any atom is -0.364 e. The molecule has 0 aromatic carbocycles. The van der Waals surface area contributed by atoms with Crippen molar-refractivity contribution in [2.24, 2.45) is 0 Å². The Morgan fingerprint density at radius 1 is 1.22 bits per heavy atom. The van der Waals surface area contributed by atoms with Gasteiger partial charge in [0.2, 0.25) is 0 Å². The van der Waals surface area contributed by atoms with Crippen LogP contribution in [0.1, 0.15) is 5.56 Å². The van der Waals surface area contributed by atoms with Crippen molar-refractivity contribution in [3.05, 3.63) is 30.2 Å². The third kappa shape index (κ3) is 1.83. The molecule has 0 spiro atoms. The highest BCUT2D eigenvalue weighted by molar-refractivity contribution is 7.99. The molecule has 6 heteroatoms. The Morgan fingerprint density at radius 2 is 2.06 bits per heavy atom. The van der Waals surface area contributed by atoms with Gasteiger partial charge in [0, 0.05) is 25.7 Å². The second-order valence-electron chi connectivity index (χ2n) is 3.97. The Morgan fingerprint density at radius 3 is 2.89 bits per heavy atom. The van der Waals surface area contributed by atoms with Crippen LogP contribution in [-0.4, -0.2) is 28.8 Å². The lowest BCUT2D eigenvalue weighted by Crippen LogP contribution is -2.25. The number of rotatable bonds is 2. The Hall–Kier alpha value is -1.66. The van der Waals surface area contributed by atoms with Crippen LogP contribution >= 0.6 is 11.8 Å². The molecule has 0 fully saturated rings. The minimum atomic E-state index is 0.435. The molecular formula is C12H12N4OS. The molecule has 3 rings (SSSR count). The van der Waals surface area contributed by atoms with E-state index in [1.807, 2.05) is 18.0 Å². The molecule has 1 aliphatic rings. The van der Waals surface area contributed by atoms with Crippen LogP contribution in [0.4, 0.5) is 11.5 Å². The van der Waals surface area contributed by atoms with Crippen LogP contribution in [0.25, 0.3) is 0 Å². The topological polar surface area (TPSA) is 51.1 Å². The summed E-state index contributed by atoms with van der Waals surface area (Å²) in [6, 6.07) is 2.09. The molecular weight excluding hydrogens is 248 g/mol. The van der Waals surface area contributed by atoms with Crippen molar-refractivity contribution in [1.82, 2.24) is 15.0 Å². The molecule has 0 N–H and O–H groups in total. The van der Waals surface area contributed by atoms with Crippen molar-refractivity contribution in [3.63, 3.8) is 0 Å². The Bertz CT molecular complexity index is 590. The van der Waals surface area contributed by atoms with Gasteiger partial charge in [0.15, 0.2) is 5.82 Å². The third-order valence-corrected chi connectivity index (χ3v) is 3.60. The standard InChI is InChI=1S/C12H12N4OS/c1-8-5-9-11(15-6-8)18-12-10(13-3-4-14-12)16(9)7-17-2/h3-6H,7H2,1-2H3. The summed E-state index contributed by atoms with van der Waals surface area (Å²) in [7, 11) is 1.67. The normalized spacial score (nSPS) is 13.1. The molecule has 1 aliphatic heterocycles. The molecule has 0 radical (unpaired) electrons. The average Bonchev–Trinajstić information content (AvgIpc) is 2.39. The molecule has 0 saturated heterocycles. The maximum absolute atomic E-state index is 5.26. The van der Waals surface area contributed by atoms with E-state index in [0.29, 0.717) is 6.73 Å². The maximum Gasteiger partial charge on any atom is 0.168 e. The highest BCUT2D eigenvalue weighted by Gasteiger charge is 2.26. The molecule has 18 heavy (non-hydrogen) atoms. The summed E-state index contributed by atoms with van der Waals surface area (Å²) in [4.78, 5) is 15.2. The number of hydrogen-bond acceptors (Lipinski definition) is 6. The Labute approximate surface area is 109 Å². The van der Waals surface area contributed by atoms with Gasteiger partial charge < -0.3 is 4.74 Å². The van der Waals surface area contributed by atoms with Crippen LogP contribution in [0.5, 0.6) is 0 Å². The fourth-order valence-electron chi connectivity index (χ4n) is 1.85. The third-order valence-electron chi connectivity index (χ3n) is 2.61. The van der Waals surface area contributed by atoms with E-state index in [2.05, 4.69) is 21.0 Å². The minimum absolute atomic E-state index is 0.435. The van der Waals surface area contributed by atoms with E-state index in [1.54, 1.807) is 19.5 Å². The van der Waals surface area contributed by atoms with Crippen molar-refractivity contribution in [2.45, 2.75) is 17.0 Å². The molecule has 0 amide bonds. The van der Waals surface area contributed by atoms with Crippen LogP contribution in [0.15, 0.2) is 34.7 Å². The van der Waals surface area contributed by atoms with Crippen molar-refractivity contribution >= 4 is 23.3 Å². The lowest BCUT2D eigenvalue weighted by atomic mass is 10.3. The first kappa shape index (κ1) is 11.4. The van der Waals surface area contributed by atoms with Crippen molar-refractivity contribution in [2.75, 3.05) is 18.7 Å². The molecule has 2 aromatic rings. The summed E-state index contributed by atoms with van der Waals surface area (Å²) < 4.78 is 5.26. The molecule has 3 heterocycles. The Balaban J connectivity index is 2.15. The Kier molecular flexibility index (Phi) is 2.89. The summed E-state index contributed by atoms with van der Waals surface area (Å²) in [6.45, 7) is 2.46. The fraction of sp³-hybridized carbons (Fsp3) is 0.250. The monoisotopic (exact) mass is 260 g/mol. The number of anilines is 2. The summed E-state index contributed by atoms with van der Waals surface area (Å²) in [6.07, 6.45) is 5.24. The summed E-state index contributed by atoms with van der Waals surface area (Å²) in [5.41, 5.74) is 2.14. The van der Waals surface area contributed by atoms with Gasteiger partial charge in [0.05, 0.1) is 5.69 Å². The number of nitrogens with zero attached hydrogens (tertiary/aromatic N) is 4. The number of aromatic nitrogens is 3. The maximum atomic E-state index is 5.26. The quantitative estimate of drug-likeness (QED) is 0.826. The summed E-state index contributed by atoms with van der Waals surface area (Å²) in [5, 5.41) is 1.80. The fourth-order valence-corrected chi connectivity index (χ4v) is 2.78. The number of ether oxygens (including phenoxy) is 1. The predicted molar refractivity (Wildman–Crippen MR) is 69.1 cm³/mol. The molecule has 0 unspecified atom stereocenters. The van der Waals surface area contributed by atoms with Gasteiger partial charge in [-0.25, -0.2) is 15.0 Å². The number of fused-ring (bicyclic) bond motifs is 2. The zero-order valence-corrected chi connectivity index (χ0v) is 10.9. The largest absolute Gasteiger partial charge is 0.364 e. The molecule has 0 bridgehead atoms. The van der Waals surface area contributed by atoms with Crippen molar-refractivity contribution in [3.8, 4) is 0 Å². The molecule has 2 aromatic heterocycles. The van der Waals surface area contributed by atoms with Crippen molar-refractivity contribution < 1.29 is 4.74 Å². The van der Waals surface area contributed by atoms with Gasteiger partial charge in [-0.15, -0.1) is 0 Å². The van der Waals surface area contributed by atoms with E-state index in [9.17, 15) is 0 Å². The lowest BCUT2D eigenvalue weighted by Gasteiger charge is -2.29. The van der Waals surface area contributed by atoms with E-state index in [1.165, 1.54) is 11.8 Å². The molecule has 92 valence electrons. The van der Waals surface area contributed by atoms with Gasteiger partial charge in [-0.1, -0.05) is 0 Å². The second-order valence-corrected chi connectivity index (χ2v) is 4.95. The van der Waals surface area contributed by atoms with Gasteiger partial charge in [-0.05, 0) is 30.3 Å². The van der Waals surface area contributed by atoms with Gasteiger partial charge in [-0.3, -0.25) is 4.90 Å². The smallest absolute Gasteiger partial charge is 0.168 e. The van der Waals surface area contributed by atoms with Crippen LogP contribution in [-0.2, 0) is 4.74 Å². The van der Waals surface area contributed by atoms with E-state index >= 15 is 0 Å². The van der Waals surface area contributed by atoms with E-state index in [0.717, 1.165) is 27.1 Å². The van der Waals surface area contributed by atoms with Crippen LogP contribution in [0.2, 0.25) is 0 Å². The zero-order valence-electron chi connectivity index (χ0n) is 10.1. The number of hydrogen-bond donors (Lipinski definition) is 0. The predicted octanol–water partition coefficient (Wildman–Crippen LogP) is 2.39. The highest BCUT2D eigenvalue weighted by atomic mass is 32.2. The molecule has 5 nitrogen and oxygen atoms in total. The number of methoxy groups -OCH3 is 1. The van der Waals surface area contributed by atoms with Crippen LogP contribution in [0, 0.1) is 6.92 Å². The van der Waals surface area contributed by atoms with Crippen molar-refractivity contribution in [1.29, 1.82) is 0 Å². The number of aryl methyl sites for hydroxylation is 1. The first-order chi connectivity index (χ1) is 8.79. The van der Waals surface area contributed by atoms with Crippen LogP contribution < -0.4 is 4.90 Å². The summed E-state index contributed by atoms with van der Waals surface area (Å²) >= 11 is 1.54. The zero-order chi connectivity index (χ0) is 12.5. The van der Waals surface area contributed by atoms with E-state index in [4.69, 9.17) is 4.74 Å². The van der Waals surface area contributed by atoms with Gasteiger partial charge in [0.1, 0.15) is 16.8 Å². The molecule has 0 saturated carbocycles. The second kappa shape index (κ2) is 4.55. The van der Waals surface area contributed by atoms with E-state index in [-0.39, 0.29) is 0 Å². The van der Waals surface area contributed by atoms with E-state index < -0.39 is 0 Å². The molecule has 0 atom stereocenters. The van der Waals surface area contributed by atoms with Crippen LogP contribution in [0.3, 0.4) is 0 Å². The SMILES string of the molecule is COCN1c2cc(C)cnc2Sc2nccnc21. The van der Waals surface area contributed by atoms with Gasteiger partial charge >= 0.3 is 0 Å². The first-order valence-electron chi connectivity index (χ1n) is 5.51. The lowest BCUT2D eigenvalue weighted by molar-refractivity contribution is 0.204. The summed E-state index contributed by atoms with van der Waals surface area (Å²) in [5.74, 6) is 0.823. The molecule has 0 aliphatic carbocycles. The first-order valence-corrected chi connectivity index (χ1v) is 6.33. The van der Waals surface area contributed by atoms with Gasteiger partial charge in [0.25, 0.3) is 0 Å². The average molecular weight is 260 g/mol. The van der Waals surface area contributed by atoms with Gasteiger partial charge in [-0.2, -0.15) is 0 Å².